The molecule has 0 fully saturated rings. The number of methoxy groups -OCH3 is 1. The first-order valence-electron chi connectivity index (χ1n) is 9.45. The number of carbonyl (C=O) groups is 1. The fourth-order valence-corrected chi connectivity index (χ4v) is 3.20. The molecule has 3 rings (SSSR count). The predicted molar refractivity (Wildman–Crippen MR) is 121 cm³/mol. The first kappa shape index (κ1) is 22.1. The third-order valence-corrected chi connectivity index (χ3v) is 5.01. The molecule has 1 heterocycles. The number of amides is 1. The van der Waals surface area contributed by atoms with Crippen molar-refractivity contribution in [2.75, 3.05) is 7.11 Å². The van der Waals surface area contributed by atoms with Crippen LogP contribution in [0, 0.1) is 11.3 Å². The highest BCUT2D eigenvalue weighted by Gasteiger charge is 2.11. The molecule has 0 saturated heterocycles. The zero-order valence-electron chi connectivity index (χ0n) is 16.8. The molecule has 0 aliphatic carbocycles. The van der Waals surface area contributed by atoms with Crippen LogP contribution in [0.15, 0.2) is 76.9 Å². The van der Waals surface area contributed by atoms with Crippen molar-refractivity contribution in [1.82, 2.24) is 10.3 Å². The molecule has 2 aromatic carbocycles. The molecule has 1 N–H and O–H groups in total. The number of halogens is 1. The summed E-state index contributed by atoms with van der Waals surface area (Å²) in [5, 5.41) is 12.2. The molecule has 0 spiro atoms. The van der Waals surface area contributed by atoms with Gasteiger partial charge in [-0.15, -0.1) is 0 Å². The highest BCUT2D eigenvalue weighted by molar-refractivity contribution is 9.10. The van der Waals surface area contributed by atoms with Gasteiger partial charge in [0.1, 0.15) is 29.7 Å². The van der Waals surface area contributed by atoms with E-state index in [1.165, 1.54) is 6.08 Å². The molecule has 0 atom stereocenters. The molecule has 0 saturated carbocycles. The van der Waals surface area contributed by atoms with E-state index in [0.717, 1.165) is 10.0 Å². The van der Waals surface area contributed by atoms with Crippen LogP contribution >= 0.6 is 15.9 Å². The van der Waals surface area contributed by atoms with Crippen LogP contribution in [0.5, 0.6) is 11.5 Å². The van der Waals surface area contributed by atoms with Crippen molar-refractivity contribution in [3.8, 4) is 17.6 Å². The summed E-state index contributed by atoms with van der Waals surface area (Å²) in [5.74, 6) is 0.898. The highest BCUT2D eigenvalue weighted by Crippen LogP contribution is 2.27. The minimum Gasteiger partial charge on any atom is -0.496 e. The second-order valence-corrected chi connectivity index (χ2v) is 7.32. The lowest BCUT2D eigenvalue weighted by molar-refractivity contribution is -0.117. The summed E-state index contributed by atoms with van der Waals surface area (Å²) in [5.41, 5.74) is 2.19. The van der Waals surface area contributed by atoms with Crippen LogP contribution in [0.25, 0.3) is 6.08 Å². The van der Waals surface area contributed by atoms with E-state index in [4.69, 9.17) is 9.47 Å². The van der Waals surface area contributed by atoms with Gasteiger partial charge in [0.25, 0.3) is 5.91 Å². The van der Waals surface area contributed by atoms with Gasteiger partial charge in [0.15, 0.2) is 0 Å². The molecule has 31 heavy (non-hydrogen) atoms. The molecule has 0 unspecified atom stereocenters. The lowest BCUT2D eigenvalue weighted by Gasteiger charge is -2.12. The van der Waals surface area contributed by atoms with Crippen LogP contribution in [0.2, 0.25) is 0 Å². The lowest BCUT2D eigenvalue weighted by atomic mass is 10.1. The van der Waals surface area contributed by atoms with E-state index in [0.29, 0.717) is 22.8 Å². The van der Waals surface area contributed by atoms with E-state index >= 15 is 0 Å². The molecular formula is C24H20BrN3O3. The molecule has 0 aliphatic rings. The van der Waals surface area contributed by atoms with Gasteiger partial charge in [0.05, 0.1) is 23.8 Å². The third-order valence-electron chi connectivity index (χ3n) is 4.36. The van der Waals surface area contributed by atoms with E-state index in [9.17, 15) is 10.1 Å². The maximum atomic E-state index is 12.4. The van der Waals surface area contributed by atoms with Crippen molar-refractivity contribution < 1.29 is 14.3 Å². The number of nitrogens with zero attached hydrogens (tertiary/aromatic N) is 2. The van der Waals surface area contributed by atoms with Gasteiger partial charge in [-0.2, -0.15) is 5.26 Å². The number of benzene rings is 2. The van der Waals surface area contributed by atoms with Gasteiger partial charge < -0.3 is 14.8 Å². The van der Waals surface area contributed by atoms with Crippen LogP contribution in [-0.2, 0) is 17.9 Å². The molecule has 1 aromatic heterocycles. The average molecular weight is 478 g/mol. The number of pyridine rings is 1. The summed E-state index contributed by atoms with van der Waals surface area (Å²) < 4.78 is 12.2. The van der Waals surface area contributed by atoms with Crippen LogP contribution in [0.1, 0.15) is 16.8 Å². The molecule has 6 nitrogen and oxygen atoms in total. The highest BCUT2D eigenvalue weighted by atomic mass is 79.9. The molecule has 3 aromatic rings. The van der Waals surface area contributed by atoms with E-state index in [2.05, 4.69) is 26.2 Å². The number of aromatic nitrogens is 1. The second-order valence-electron chi connectivity index (χ2n) is 6.46. The van der Waals surface area contributed by atoms with E-state index in [1.54, 1.807) is 37.6 Å². The van der Waals surface area contributed by atoms with Crippen LogP contribution in [0.3, 0.4) is 0 Å². The van der Waals surface area contributed by atoms with Crippen LogP contribution < -0.4 is 14.8 Å². The lowest BCUT2D eigenvalue weighted by Crippen LogP contribution is -2.24. The summed E-state index contributed by atoms with van der Waals surface area (Å²) in [6.07, 6.45) is 3.19. The summed E-state index contributed by atoms with van der Waals surface area (Å²) in [4.78, 5) is 16.6. The Morgan fingerprint density at radius 2 is 1.97 bits per heavy atom. The zero-order chi connectivity index (χ0) is 22.1. The van der Waals surface area contributed by atoms with Crippen molar-refractivity contribution in [2.45, 2.75) is 13.2 Å². The number of nitriles is 1. The van der Waals surface area contributed by atoms with Crippen molar-refractivity contribution in [3.63, 3.8) is 0 Å². The van der Waals surface area contributed by atoms with Gasteiger partial charge in [-0.1, -0.05) is 24.3 Å². The van der Waals surface area contributed by atoms with Crippen LogP contribution in [0.4, 0.5) is 0 Å². The van der Waals surface area contributed by atoms with Gasteiger partial charge in [-0.05, 0) is 64.0 Å². The zero-order valence-corrected chi connectivity index (χ0v) is 18.4. The number of para-hydroxylation sites is 1. The molecular weight excluding hydrogens is 458 g/mol. The molecule has 7 heteroatoms. The molecule has 0 bridgehead atoms. The Hall–Kier alpha value is -3.63. The van der Waals surface area contributed by atoms with Gasteiger partial charge in [0.2, 0.25) is 0 Å². The summed E-state index contributed by atoms with van der Waals surface area (Å²) in [6.45, 7) is 0.508. The molecule has 0 radical (unpaired) electrons. The third kappa shape index (κ3) is 6.17. The van der Waals surface area contributed by atoms with Gasteiger partial charge in [-0.3, -0.25) is 9.78 Å². The van der Waals surface area contributed by atoms with Gasteiger partial charge in [0, 0.05) is 11.8 Å². The van der Waals surface area contributed by atoms with Gasteiger partial charge in [-0.25, -0.2) is 0 Å². The van der Waals surface area contributed by atoms with Crippen molar-refractivity contribution >= 4 is 27.9 Å². The molecule has 156 valence electrons. The van der Waals surface area contributed by atoms with Crippen molar-refractivity contribution in [3.05, 3.63) is 93.7 Å². The Labute approximate surface area is 189 Å². The smallest absolute Gasteiger partial charge is 0.262 e. The number of hydrogen-bond acceptors (Lipinski definition) is 5. The Kier molecular flexibility index (Phi) is 7.79. The van der Waals surface area contributed by atoms with Crippen LogP contribution in [-0.4, -0.2) is 18.0 Å². The fourth-order valence-electron chi connectivity index (χ4n) is 2.80. The number of carbonyl (C=O) groups excluding carboxylic acids is 1. The van der Waals surface area contributed by atoms with Gasteiger partial charge >= 0.3 is 0 Å². The maximum Gasteiger partial charge on any atom is 0.262 e. The minimum absolute atomic E-state index is 0.00114. The van der Waals surface area contributed by atoms with E-state index < -0.39 is 5.91 Å². The largest absolute Gasteiger partial charge is 0.496 e. The quantitative estimate of drug-likeness (QED) is 0.376. The molecule has 0 aliphatic heterocycles. The Morgan fingerprint density at radius 1 is 1.16 bits per heavy atom. The van der Waals surface area contributed by atoms with E-state index in [1.807, 2.05) is 42.5 Å². The van der Waals surface area contributed by atoms with Crippen molar-refractivity contribution in [1.29, 1.82) is 5.26 Å². The summed E-state index contributed by atoms with van der Waals surface area (Å²) >= 11 is 3.46. The SMILES string of the molecule is COc1ccc(/C=C(/C#N)C(=O)NCc2ccccn2)cc1COc1ccccc1Br. The summed E-state index contributed by atoms with van der Waals surface area (Å²) in [7, 11) is 1.58. The Balaban J connectivity index is 1.75. The first-order valence-corrected chi connectivity index (χ1v) is 10.2. The maximum absolute atomic E-state index is 12.4. The standard InChI is InChI=1S/C24H20BrN3O3/c1-30-22-10-9-17(13-19(22)16-31-23-8-3-2-7-21(23)25)12-18(14-26)24(29)28-15-20-6-4-5-11-27-20/h2-13H,15-16H2,1H3,(H,28,29)/b18-12-. The Morgan fingerprint density at radius 3 is 2.68 bits per heavy atom. The minimum atomic E-state index is -0.463. The topological polar surface area (TPSA) is 84.2 Å². The number of rotatable bonds is 8. The average Bonchev–Trinajstić information content (AvgIpc) is 2.81. The number of hydrogen-bond donors (Lipinski definition) is 1. The normalized spacial score (nSPS) is 10.8. The second kappa shape index (κ2) is 11.0. The summed E-state index contributed by atoms with van der Waals surface area (Å²) in [6, 6.07) is 20.4. The fraction of sp³-hybridized carbons (Fsp3) is 0.125. The predicted octanol–water partition coefficient (Wildman–Crippen LogP) is 4.66. The Bertz CT molecular complexity index is 1120. The monoisotopic (exact) mass is 477 g/mol. The van der Waals surface area contributed by atoms with Crippen molar-refractivity contribution in [2.24, 2.45) is 0 Å². The molecule has 1 amide bonds. The first-order chi connectivity index (χ1) is 15.1. The van der Waals surface area contributed by atoms with E-state index in [-0.39, 0.29) is 18.7 Å². The number of nitrogens with one attached hydrogen (secondary N) is 1. The number of ether oxygens (including phenoxy) is 2.